The molecule has 0 amide bonds. The van der Waals surface area contributed by atoms with Crippen molar-refractivity contribution in [3.8, 4) is 11.5 Å². The highest BCUT2D eigenvalue weighted by molar-refractivity contribution is 6.36. The highest BCUT2D eigenvalue weighted by atomic mass is 35.5. The molecule has 3 aromatic rings. The first kappa shape index (κ1) is 22.6. The summed E-state index contributed by atoms with van der Waals surface area (Å²) in [7, 11) is 0. The van der Waals surface area contributed by atoms with E-state index in [4.69, 9.17) is 37.4 Å². The van der Waals surface area contributed by atoms with Gasteiger partial charge in [0, 0.05) is 10.6 Å². The Morgan fingerprint density at radius 2 is 1.82 bits per heavy atom. The van der Waals surface area contributed by atoms with E-state index < -0.39 is 11.9 Å². The highest BCUT2D eigenvalue weighted by Gasteiger charge is 2.24. The molecule has 0 aromatic heterocycles. The third-order valence-corrected chi connectivity index (χ3v) is 5.11. The summed E-state index contributed by atoms with van der Waals surface area (Å²) in [4.78, 5) is 29.1. The number of halogens is 2. The molecule has 1 aliphatic rings. The Morgan fingerprint density at radius 1 is 1.03 bits per heavy atom. The number of hydrogen-bond donors (Lipinski definition) is 0. The quantitative estimate of drug-likeness (QED) is 0.246. The van der Waals surface area contributed by atoms with Crippen LogP contribution in [0.1, 0.15) is 28.4 Å². The molecule has 8 heteroatoms. The fourth-order valence-electron chi connectivity index (χ4n) is 3.05. The molecule has 0 atom stereocenters. The number of carbonyl (C=O) groups excluding carboxylic acids is 2. The van der Waals surface area contributed by atoms with Crippen molar-refractivity contribution >= 4 is 47.1 Å². The first-order chi connectivity index (χ1) is 15.9. The monoisotopic (exact) mass is 481 g/mol. The summed E-state index contributed by atoms with van der Waals surface area (Å²) in [6, 6.07) is 18.5. The molecule has 166 valence electrons. The van der Waals surface area contributed by atoms with Gasteiger partial charge in [0.1, 0.15) is 0 Å². The Balaban J connectivity index is 1.60. The predicted molar refractivity (Wildman–Crippen MR) is 126 cm³/mol. The zero-order valence-electron chi connectivity index (χ0n) is 17.4. The maximum Gasteiger partial charge on any atom is 0.363 e. The lowest BCUT2D eigenvalue weighted by Gasteiger charge is -2.12. The molecule has 0 saturated carbocycles. The van der Waals surface area contributed by atoms with Gasteiger partial charge in [-0.2, -0.15) is 0 Å². The van der Waals surface area contributed by atoms with Gasteiger partial charge >= 0.3 is 11.9 Å². The first-order valence-corrected chi connectivity index (χ1v) is 10.7. The van der Waals surface area contributed by atoms with Gasteiger partial charge in [-0.3, -0.25) is 0 Å². The van der Waals surface area contributed by atoms with Crippen molar-refractivity contribution in [2.24, 2.45) is 4.99 Å². The molecule has 4 rings (SSSR count). The van der Waals surface area contributed by atoms with E-state index in [-0.39, 0.29) is 27.9 Å². The van der Waals surface area contributed by atoms with Crippen molar-refractivity contribution in [1.82, 2.24) is 0 Å². The SMILES string of the molecule is CCOc1cc(/C=C2/N=C(c3ccccc3)OC2=O)ccc1OC(=O)c1ccc(Cl)cc1Cl. The first-order valence-electron chi connectivity index (χ1n) is 9.96. The maximum atomic E-state index is 12.6. The topological polar surface area (TPSA) is 74.2 Å². The van der Waals surface area contributed by atoms with Gasteiger partial charge in [-0.25, -0.2) is 14.6 Å². The number of rotatable bonds is 6. The second-order valence-corrected chi connectivity index (χ2v) is 7.70. The molecule has 0 unspecified atom stereocenters. The summed E-state index contributed by atoms with van der Waals surface area (Å²) >= 11 is 12.0. The van der Waals surface area contributed by atoms with Crippen LogP contribution in [-0.4, -0.2) is 24.4 Å². The van der Waals surface area contributed by atoms with Gasteiger partial charge in [0.25, 0.3) is 0 Å². The average Bonchev–Trinajstić information content (AvgIpc) is 3.16. The Hall–Kier alpha value is -3.61. The molecule has 1 heterocycles. The van der Waals surface area contributed by atoms with E-state index in [9.17, 15) is 9.59 Å². The van der Waals surface area contributed by atoms with Crippen LogP contribution in [0.15, 0.2) is 77.4 Å². The molecule has 0 saturated heterocycles. The molecule has 0 aliphatic carbocycles. The fourth-order valence-corrected chi connectivity index (χ4v) is 3.53. The zero-order chi connectivity index (χ0) is 23.4. The molecule has 0 spiro atoms. The van der Waals surface area contributed by atoms with Crippen molar-refractivity contribution in [2.45, 2.75) is 6.92 Å². The Kier molecular flexibility index (Phi) is 6.77. The predicted octanol–water partition coefficient (Wildman–Crippen LogP) is 5.96. The van der Waals surface area contributed by atoms with Gasteiger partial charge in [-0.05, 0) is 61.0 Å². The van der Waals surface area contributed by atoms with Gasteiger partial charge in [-0.15, -0.1) is 0 Å². The Labute approximate surface area is 200 Å². The summed E-state index contributed by atoms with van der Waals surface area (Å²) in [6.45, 7) is 2.14. The van der Waals surface area contributed by atoms with Crippen LogP contribution in [0.25, 0.3) is 6.08 Å². The zero-order valence-corrected chi connectivity index (χ0v) is 18.9. The molecular formula is C25H17Cl2NO5. The van der Waals surface area contributed by atoms with E-state index in [1.54, 1.807) is 49.4 Å². The van der Waals surface area contributed by atoms with E-state index in [1.807, 2.05) is 18.2 Å². The summed E-state index contributed by atoms with van der Waals surface area (Å²) < 4.78 is 16.4. The van der Waals surface area contributed by atoms with E-state index in [0.29, 0.717) is 28.5 Å². The van der Waals surface area contributed by atoms with Crippen LogP contribution in [0.5, 0.6) is 11.5 Å². The molecule has 0 radical (unpaired) electrons. The van der Waals surface area contributed by atoms with Crippen LogP contribution in [0.4, 0.5) is 0 Å². The largest absolute Gasteiger partial charge is 0.490 e. The van der Waals surface area contributed by atoms with Crippen molar-refractivity contribution in [3.63, 3.8) is 0 Å². The molecule has 3 aromatic carbocycles. The second kappa shape index (κ2) is 9.90. The summed E-state index contributed by atoms with van der Waals surface area (Å²) in [5.74, 6) is -0.441. The maximum absolute atomic E-state index is 12.6. The van der Waals surface area contributed by atoms with Crippen LogP contribution < -0.4 is 9.47 Å². The van der Waals surface area contributed by atoms with Crippen LogP contribution >= 0.6 is 23.2 Å². The standard InChI is InChI=1S/C25H17Cl2NO5/c1-2-31-22-13-15(12-20-25(30)33-23(28-20)16-6-4-3-5-7-16)8-11-21(22)32-24(29)18-10-9-17(26)14-19(18)27/h3-14H,2H2,1H3/b20-12+. The lowest BCUT2D eigenvalue weighted by Crippen LogP contribution is -2.10. The number of nitrogens with zero attached hydrogens (tertiary/aromatic N) is 1. The Bertz CT molecular complexity index is 1290. The molecule has 33 heavy (non-hydrogen) atoms. The molecule has 6 nitrogen and oxygen atoms in total. The van der Waals surface area contributed by atoms with E-state index in [1.165, 1.54) is 12.1 Å². The third kappa shape index (κ3) is 5.25. The normalized spacial score (nSPS) is 14.1. The molecule has 1 aliphatic heterocycles. The van der Waals surface area contributed by atoms with Gasteiger partial charge in [0.15, 0.2) is 17.2 Å². The third-order valence-electron chi connectivity index (χ3n) is 4.57. The van der Waals surface area contributed by atoms with Crippen LogP contribution in [-0.2, 0) is 9.53 Å². The van der Waals surface area contributed by atoms with Crippen molar-refractivity contribution in [2.75, 3.05) is 6.61 Å². The molecule has 0 N–H and O–H groups in total. The number of ether oxygens (including phenoxy) is 3. The minimum absolute atomic E-state index is 0.147. The highest BCUT2D eigenvalue weighted by Crippen LogP contribution is 2.32. The Morgan fingerprint density at radius 3 is 2.55 bits per heavy atom. The lowest BCUT2D eigenvalue weighted by molar-refractivity contribution is -0.129. The fraction of sp³-hybridized carbons (Fsp3) is 0.0800. The number of carbonyl (C=O) groups is 2. The van der Waals surface area contributed by atoms with Gasteiger partial charge < -0.3 is 14.2 Å². The average molecular weight is 482 g/mol. The summed E-state index contributed by atoms with van der Waals surface area (Å²) in [6.07, 6.45) is 1.57. The number of benzene rings is 3. The number of aliphatic imine (C=N–C) groups is 1. The van der Waals surface area contributed by atoms with Crippen LogP contribution in [0, 0.1) is 0 Å². The summed E-state index contributed by atoms with van der Waals surface area (Å²) in [5.41, 5.74) is 1.64. The van der Waals surface area contributed by atoms with Crippen molar-refractivity contribution < 1.29 is 23.8 Å². The minimum atomic E-state index is -0.653. The van der Waals surface area contributed by atoms with Crippen LogP contribution in [0.2, 0.25) is 10.0 Å². The number of hydrogen-bond acceptors (Lipinski definition) is 6. The number of esters is 2. The minimum Gasteiger partial charge on any atom is -0.490 e. The lowest BCUT2D eigenvalue weighted by atomic mass is 10.1. The van der Waals surface area contributed by atoms with Crippen molar-refractivity contribution in [3.05, 3.63) is 99.2 Å². The second-order valence-electron chi connectivity index (χ2n) is 6.85. The van der Waals surface area contributed by atoms with Gasteiger partial charge in [0.05, 0.1) is 17.2 Å². The molecule has 0 fully saturated rings. The van der Waals surface area contributed by atoms with E-state index in [2.05, 4.69) is 4.99 Å². The molecule has 0 bridgehead atoms. The summed E-state index contributed by atoms with van der Waals surface area (Å²) in [5, 5.41) is 0.589. The van der Waals surface area contributed by atoms with Gasteiger partial charge in [-0.1, -0.05) is 47.5 Å². The van der Waals surface area contributed by atoms with E-state index in [0.717, 1.165) is 0 Å². The van der Waals surface area contributed by atoms with Crippen molar-refractivity contribution in [1.29, 1.82) is 0 Å². The smallest absolute Gasteiger partial charge is 0.363 e. The van der Waals surface area contributed by atoms with Gasteiger partial charge in [0.2, 0.25) is 5.90 Å². The molecular weight excluding hydrogens is 465 g/mol. The number of cyclic esters (lactones) is 1. The van der Waals surface area contributed by atoms with E-state index >= 15 is 0 Å². The van der Waals surface area contributed by atoms with Crippen LogP contribution in [0.3, 0.4) is 0 Å².